The molecule has 2 aliphatic rings. The second-order valence-corrected chi connectivity index (χ2v) is 6.90. The largest absolute Gasteiger partial charge is 0.198 e. The Morgan fingerprint density at radius 2 is 2.06 bits per heavy atom. The van der Waals surface area contributed by atoms with E-state index in [1.54, 1.807) is 0 Å². The molecule has 0 heterocycles. The summed E-state index contributed by atoms with van der Waals surface area (Å²) >= 11 is 2.33. The lowest BCUT2D eigenvalue weighted by molar-refractivity contribution is 0.239. The van der Waals surface area contributed by atoms with Crippen molar-refractivity contribution in [3.8, 4) is 6.07 Å². The van der Waals surface area contributed by atoms with Gasteiger partial charge >= 0.3 is 0 Å². The molecule has 0 spiro atoms. The molecule has 3 rings (SSSR count). The Morgan fingerprint density at radius 1 is 1.29 bits per heavy atom. The lowest BCUT2D eigenvalue weighted by atomic mass is 9.70. The molecule has 0 aliphatic heterocycles. The molecule has 2 aliphatic carbocycles. The highest BCUT2D eigenvalue weighted by molar-refractivity contribution is 14.1. The van der Waals surface area contributed by atoms with E-state index in [-0.39, 0.29) is 5.41 Å². The summed E-state index contributed by atoms with van der Waals surface area (Å²) in [4.78, 5) is 0. The minimum absolute atomic E-state index is 0.0459. The minimum Gasteiger partial charge on any atom is -0.198 e. The number of nitriles is 1. The molecule has 1 aromatic rings. The maximum absolute atomic E-state index is 9.60. The van der Waals surface area contributed by atoms with Crippen LogP contribution in [0.2, 0.25) is 0 Å². The standard InChI is InChI=1S/C15H16IN/c16-14-5-2-11(3-6-14)8-15(10-17)9-12-1-4-13(15)7-12/h2-3,5-6,12-13H,1,4,7-9H2. The third-order valence-corrected chi connectivity index (χ3v) is 5.35. The molecule has 0 amide bonds. The monoisotopic (exact) mass is 337 g/mol. The lowest BCUT2D eigenvalue weighted by Crippen LogP contribution is -2.28. The first-order valence-corrected chi connectivity index (χ1v) is 7.45. The van der Waals surface area contributed by atoms with Crippen LogP contribution in [-0.2, 0) is 6.42 Å². The summed E-state index contributed by atoms with van der Waals surface area (Å²) < 4.78 is 1.27. The van der Waals surface area contributed by atoms with Crippen LogP contribution in [0.1, 0.15) is 31.2 Å². The van der Waals surface area contributed by atoms with Crippen molar-refractivity contribution in [1.29, 1.82) is 5.26 Å². The fraction of sp³-hybridized carbons (Fsp3) is 0.533. The third kappa shape index (κ3) is 1.99. The highest BCUT2D eigenvalue weighted by Crippen LogP contribution is 2.56. The van der Waals surface area contributed by atoms with Gasteiger partial charge in [-0.2, -0.15) is 5.26 Å². The van der Waals surface area contributed by atoms with Crippen molar-refractivity contribution in [2.24, 2.45) is 17.3 Å². The summed E-state index contributed by atoms with van der Waals surface area (Å²) in [7, 11) is 0. The minimum atomic E-state index is -0.0459. The zero-order chi connectivity index (χ0) is 11.9. The van der Waals surface area contributed by atoms with E-state index in [1.807, 2.05) is 0 Å². The third-order valence-electron chi connectivity index (χ3n) is 4.63. The van der Waals surface area contributed by atoms with Crippen molar-refractivity contribution in [3.05, 3.63) is 33.4 Å². The molecular formula is C15H16IN. The first-order valence-electron chi connectivity index (χ1n) is 6.37. The molecule has 1 nitrogen and oxygen atoms in total. The summed E-state index contributed by atoms with van der Waals surface area (Å²) in [5.74, 6) is 1.50. The summed E-state index contributed by atoms with van der Waals surface area (Å²) in [6, 6.07) is 11.3. The zero-order valence-corrected chi connectivity index (χ0v) is 12.0. The van der Waals surface area contributed by atoms with Gasteiger partial charge in [-0.15, -0.1) is 0 Å². The number of rotatable bonds is 2. The van der Waals surface area contributed by atoms with Crippen LogP contribution >= 0.6 is 22.6 Å². The van der Waals surface area contributed by atoms with Crippen LogP contribution in [0, 0.1) is 32.2 Å². The maximum atomic E-state index is 9.60. The van der Waals surface area contributed by atoms with Gasteiger partial charge in [0.25, 0.3) is 0 Å². The Labute approximate surface area is 116 Å². The van der Waals surface area contributed by atoms with Crippen molar-refractivity contribution in [3.63, 3.8) is 0 Å². The molecule has 2 heteroatoms. The van der Waals surface area contributed by atoms with Gasteiger partial charge in [0.1, 0.15) is 0 Å². The number of halogens is 1. The van der Waals surface area contributed by atoms with Gasteiger partial charge in [-0.3, -0.25) is 0 Å². The quantitative estimate of drug-likeness (QED) is 0.744. The highest BCUT2D eigenvalue weighted by atomic mass is 127. The van der Waals surface area contributed by atoms with Crippen LogP contribution < -0.4 is 0 Å². The molecule has 17 heavy (non-hydrogen) atoms. The van der Waals surface area contributed by atoms with Crippen LogP contribution in [0.5, 0.6) is 0 Å². The predicted molar refractivity (Wildman–Crippen MR) is 76.4 cm³/mol. The van der Waals surface area contributed by atoms with Gasteiger partial charge < -0.3 is 0 Å². The number of hydrogen-bond donors (Lipinski definition) is 0. The van der Waals surface area contributed by atoms with E-state index < -0.39 is 0 Å². The van der Waals surface area contributed by atoms with E-state index in [0.29, 0.717) is 5.92 Å². The first-order chi connectivity index (χ1) is 8.22. The fourth-order valence-electron chi connectivity index (χ4n) is 3.80. The van der Waals surface area contributed by atoms with Crippen molar-refractivity contribution in [1.82, 2.24) is 0 Å². The average molecular weight is 337 g/mol. The van der Waals surface area contributed by atoms with Crippen molar-refractivity contribution >= 4 is 22.6 Å². The Kier molecular flexibility index (Phi) is 2.90. The van der Waals surface area contributed by atoms with Crippen LogP contribution in [0.4, 0.5) is 0 Å². The number of nitrogens with zero attached hydrogens (tertiary/aromatic N) is 1. The van der Waals surface area contributed by atoms with Gasteiger partial charge in [-0.05, 0) is 77.8 Å². The smallest absolute Gasteiger partial charge is 0.0696 e. The summed E-state index contributed by atoms with van der Waals surface area (Å²) in [5.41, 5.74) is 1.29. The first kappa shape index (κ1) is 11.5. The summed E-state index contributed by atoms with van der Waals surface area (Å²) in [5, 5.41) is 9.60. The Morgan fingerprint density at radius 3 is 2.59 bits per heavy atom. The molecule has 2 fully saturated rings. The second-order valence-electron chi connectivity index (χ2n) is 5.65. The van der Waals surface area contributed by atoms with Gasteiger partial charge in [-0.1, -0.05) is 18.6 Å². The number of benzene rings is 1. The fourth-order valence-corrected chi connectivity index (χ4v) is 4.16. The van der Waals surface area contributed by atoms with Crippen LogP contribution in [0.3, 0.4) is 0 Å². The lowest BCUT2D eigenvalue weighted by Gasteiger charge is -2.31. The molecule has 3 atom stereocenters. The normalized spacial score (nSPS) is 34.8. The van der Waals surface area contributed by atoms with Crippen molar-refractivity contribution in [2.75, 3.05) is 0 Å². The van der Waals surface area contributed by atoms with E-state index in [2.05, 4.69) is 52.9 Å². The van der Waals surface area contributed by atoms with E-state index in [1.165, 1.54) is 28.4 Å². The molecule has 88 valence electrons. The zero-order valence-electron chi connectivity index (χ0n) is 9.82. The van der Waals surface area contributed by atoms with Crippen LogP contribution in [-0.4, -0.2) is 0 Å². The van der Waals surface area contributed by atoms with E-state index >= 15 is 0 Å². The highest BCUT2D eigenvalue weighted by Gasteiger charge is 2.51. The van der Waals surface area contributed by atoms with Gasteiger partial charge in [0.05, 0.1) is 11.5 Å². The molecule has 2 bridgehead atoms. The van der Waals surface area contributed by atoms with Gasteiger partial charge in [0.2, 0.25) is 0 Å². The maximum Gasteiger partial charge on any atom is 0.0696 e. The molecule has 3 unspecified atom stereocenters. The molecule has 0 N–H and O–H groups in total. The van der Waals surface area contributed by atoms with Crippen molar-refractivity contribution in [2.45, 2.75) is 32.1 Å². The molecule has 0 radical (unpaired) electrons. The van der Waals surface area contributed by atoms with E-state index in [9.17, 15) is 5.26 Å². The molecular weight excluding hydrogens is 321 g/mol. The molecule has 0 aromatic heterocycles. The number of fused-ring (bicyclic) bond motifs is 2. The average Bonchev–Trinajstić information content (AvgIpc) is 2.93. The van der Waals surface area contributed by atoms with Crippen LogP contribution in [0.25, 0.3) is 0 Å². The van der Waals surface area contributed by atoms with Crippen molar-refractivity contribution < 1.29 is 0 Å². The van der Waals surface area contributed by atoms with Gasteiger partial charge in [-0.25, -0.2) is 0 Å². The Bertz CT molecular complexity index is 459. The Hall–Kier alpha value is -0.560. The topological polar surface area (TPSA) is 23.8 Å². The van der Waals surface area contributed by atoms with Gasteiger partial charge in [0, 0.05) is 3.57 Å². The second kappa shape index (κ2) is 4.28. The number of hydrogen-bond acceptors (Lipinski definition) is 1. The Balaban J connectivity index is 1.84. The molecule has 0 saturated heterocycles. The summed E-state index contributed by atoms with van der Waals surface area (Å²) in [6.07, 6.45) is 6.04. The molecule has 2 saturated carbocycles. The van der Waals surface area contributed by atoms with E-state index in [0.717, 1.165) is 18.8 Å². The van der Waals surface area contributed by atoms with Crippen LogP contribution in [0.15, 0.2) is 24.3 Å². The predicted octanol–water partition coefficient (Wildman–Crippen LogP) is 4.16. The molecule has 1 aromatic carbocycles. The summed E-state index contributed by atoms with van der Waals surface area (Å²) in [6.45, 7) is 0. The van der Waals surface area contributed by atoms with Gasteiger partial charge in [0.15, 0.2) is 0 Å². The SMILES string of the molecule is N#CC1(Cc2ccc(I)cc2)CC2CCC1C2. The van der Waals surface area contributed by atoms with E-state index in [4.69, 9.17) is 0 Å².